The van der Waals surface area contributed by atoms with E-state index < -0.39 is 0 Å². The van der Waals surface area contributed by atoms with Crippen LogP contribution in [-0.2, 0) is 4.84 Å². The topological polar surface area (TPSA) is 21.6 Å². The number of halogens is 1. The second-order valence-corrected chi connectivity index (χ2v) is 3.35. The van der Waals surface area contributed by atoms with Crippen molar-refractivity contribution in [2.24, 2.45) is 5.16 Å². The van der Waals surface area contributed by atoms with E-state index >= 15 is 0 Å². The molecule has 2 nitrogen and oxygen atoms in total. The third-order valence-corrected chi connectivity index (χ3v) is 2.00. The minimum Gasteiger partial charge on any atom is -0.391 e. The van der Waals surface area contributed by atoms with Crippen molar-refractivity contribution in [3.05, 3.63) is 47.0 Å². The first-order valence-electron chi connectivity index (χ1n) is 4.64. The van der Waals surface area contributed by atoms with E-state index in [-0.39, 0.29) is 0 Å². The maximum atomic E-state index is 5.34. The van der Waals surface area contributed by atoms with Crippen LogP contribution in [0.25, 0.3) is 0 Å². The molecule has 0 N–H and O–H groups in total. The number of benzene rings is 1. The number of rotatable bonds is 4. The lowest BCUT2D eigenvalue weighted by Crippen LogP contribution is -1.96. The zero-order valence-electron chi connectivity index (χ0n) is 8.83. The molecule has 0 fully saturated rings. The lowest BCUT2D eigenvalue weighted by Gasteiger charge is -2.01. The van der Waals surface area contributed by atoms with Crippen molar-refractivity contribution in [1.29, 1.82) is 0 Å². The molecule has 15 heavy (non-hydrogen) atoms. The Bertz CT molecular complexity index is 372. The monoisotopic (exact) mass is 222 g/mol. The fourth-order valence-electron chi connectivity index (χ4n) is 1.08. The summed E-state index contributed by atoms with van der Waals surface area (Å²) in [5, 5.41) is 3.97. The molecule has 0 atom stereocenters. The van der Waals surface area contributed by atoms with Gasteiger partial charge in [0.25, 0.3) is 0 Å². The second-order valence-electron chi connectivity index (χ2n) is 3.09. The van der Waals surface area contributed by atoms with Gasteiger partial charge in [-0.1, -0.05) is 28.9 Å². The van der Waals surface area contributed by atoms with Crippen LogP contribution >= 0.6 is 11.6 Å². The molecule has 0 aliphatic rings. The van der Waals surface area contributed by atoms with Crippen LogP contribution in [0, 0.1) is 13.0 Å². The molecule has 79 valence electrons. The summed E-state index contributed by atoms with van der Waals surface area (Å²) in [6.45, 7) is 4.28. The predicted octanol–water partition coefficient (Wildman–Crippen LogP) is 3.29. The van der Waals surface area contributed by atoms with Crippen molar-refractivity contribution in [2.45, 2.75) is 13.8 Å². The van der Waals surface area contributed by atoms with Crippen molar-refractivity contribution in [1.82, 2.24) is 0 Å². The zero-order chi connectivity index (χ0) is 11.1. The summed E-state index contributed by atoms with van der Waals surface area (Å²) in [4.78, 5) is 5.04. The molecule has 0 saturated heterocycles. The Hall–Kier alpha value is -1.28. The van der Waals surface area contributed by atoms with E-state index in [2.05, 4.69) is 11.2 Å². The second kappa shape index (κ2) is 6.25. The van der Waals surface area contributed by atoms with Gasteiger partial charge in [0.05, 0.1) is 5.71 Å². The van der Waals surface area contributed by atoms with Crippen molar-refractivity contribution in [2.75, 3.05) is 6.61 Å². The molecule has 3 heteroatoms. The van der Waals surface area contributed by atoms with Gasteiger partial charge in [-0.05, 0) is 43.2 Å². The first kappa shape index (κ1) is 11.8. The zero-order valence-corrected chi connectivity index (χ0v) is 9.58. The average molecular weight is 223 g/mol. The number of aryl methyl sites for hydroxylation is 1. The smallest absolute Gasteiger partial charge is 0.136 e. The predicted molar refractivity (Wildman–Crippen MR) is 63.2 cm³/mol. The first-order chi connectivity index (χ1) is 7.24. The van der Waals surface area contributed by atoms with Crippen LogP contribution in [0.1, 0.15) is 18.1 Å². The SMILES string of the molecule is C/C(=N\OCC=CCl)c1cc[c]c(C)c1. The van der Waals surface area contributed by atoms with Gasteiger partial charge < -0.3 is 4.84 Å². The van der Waals surface area contributed by atoms with E-state index in [1.165, 1.54) is 5.54 Å². The summed E-state index contributed by atoms with van der Waals surface area (Å²) < 4.78 is 0. The Morgan fingerprint density at radius 2 is 2.47 bits per heavy atom. The first-order valence-corrected chi connectivity index (χ1v) is 5.08. The minimum absolute atomic E-state index is 0.388. The van der Waals surface area contributed by atoms with Crippen molar-refractivity contribution in [3.63, 3.8) is 0 Å². The van der Waals surface area contributed by atoms with Crippen LogP contribution in [-0.4, -0.2) is 12.3 Å². The Morgan fingerprint density at radius 1 is 1.67 bits per heavy atom. The van der Waals surface area contributed by atoms with Gasteiger partial charge in [0.2, 0.25) is 0 Å². The van der Waals surface area contributed by atoms with Gasteiger partial charge in [0, 0.05) is 5.54 Å². The van der Waals surface area contributed by atoms with E-state index in [1.807, 2.05) is 32.0 Å². The van der Waals surface area contributed by atoms with Crippen molar-refractivity contribution < 1.29 is 4.84 Å². The van der Waals surface area contributed by atoms with E-state index in [9.17, 15) is 0 Å². The highest BCUT2D eigenvalue weighted by atomic mass is 35.5. The van der Waals surface area contributed by atoms with E-state index in [1.54, 1.807) is 6.08 Å². The summed E-state index contributed by atoms with van der Waals surface area (Å²) >= 11 is 5.34. The largest absolute Gasteiger partial charge is 0.391 e. The molecule has 1 rings (SSSR count). The maximum Gasteiger partial charge on any atom is 0.136 e. The molecule has 0 saturated carbocycles. The average Bonchev–Trinajstić information content (AvgIpc) is 2.24. The number of nitrogens with zero attached hydrogens (tertiary/aromatic N) is 1. The fourth-order valence-corrected chi connectivity index (χ4v) is 1.15. The van der Waals surface area contributed by atoms with Gasteiger partial charge in [0.15, 0.2) is 0 Å². The van der Waals surface area contributed by atoms with Crippen LogP contribution in [0.4, 0.5) is 0 Å². The normalized spacial score (nSPS) is 12.1. The van der Waals surface area contributed by atoms with Gasteiger partial charge in [-0.15, -0.1) is 0 Å². The maximum absolute atomic E-state index is 5.34. The van der Waals surface area contributed by atoms with E-state index in [0.29, 0.717) is 6.61 Å². The van der Waals surface area contributed by atoms with E-state index in [0.717, 1.165) is 16.8 Å². The third kappa shape index (κ3) is 4.17. The quantitative estimate of drug-likeness (QED) is 0.435. The van der Waals surface area contributed by atoms with Crippen LogP contribution in [0.2, 0.25) is 0 Å². The summed E-state index contributed by atoms with van der Waals surface area (Å²) in [6, 6.07) is 8.92. The molecule has 0 heterocycles. The standard InChI is InChI=1S/C12H13ClNO/c1-10-5-3-6-12(9-10)11(2)14-15-8-4-7-13/h3-4,6-7,9H,8H2,1-2H3/b7-4?,14-11+. The number of hydrogen-bond acceptors (Lipinski definition) is 2. The van der Waals surface area contributed by atoms with Crippen LogP contribution < -0.4 is 0 Å². The molecular formula is C12H13ClNO. The summed E-state index contributed by atoms with van der Waals surface area (Å²) in [5.41, 5.74) is 4.38. The summed E-state index contributed by atoms with van der Waals surface area (Å²) in [7, 11) is 0. The Labute approximate surface area is 95.2 Å². The molecule has 1 aromatic rings. The van der Waals surface area contributed by atoms with Gasteiger partial charge in [-0.2, -0.15) is 0 Å². The lowest BCUT2D eigenvalue weighted by atomic mass is 10.1. The molecule has 0 aliphatic carbocycles. The lowest BCUT2D eigenvalue weighted by molar-refractivity contribution is 0.175. The minimum atomic E-state index is 0.388. The molecule has 0 amide bonds. The highest BCUT2D eigenvalue weighted by molar-refractivity contribution is 6.25. The van der Waals surface area contributed by atoms with Crippen molar-refractivity contribution >= 4 is 17.3 Å². The van der Waals surface area contributed by atoms with Crippen molar-refractivity contribution in [3.8, 4) is 0 Å². The molecular weight excluding hydrogens is 210 g/mol. The molecule has 0 aromatic heterocycles. The highest BCUT2D eigenvalue weighted by Gasteiger charge is 1.97. The third-order valence-electron chi connectivity index (χ3n) is 1.83. The molecule has 0 aliphatic heterocycles. The fraction of sp³-hybridized carbons (Fsp3) is 0.250. The summed E-state index contributed by atoms with van der Waals surface area (Å²) in [6.07, 6.45) is 1.68. The van der Waals surface area contributed by atoms with Gasteiger partial charge in [-0.3, -0.25) is 0 Å². The van der Waals surface area contributed by atoms with Crippen LogP contribution in [0.3, 0.4) is 0 Å². The van der Waals surface area contributed by atoms with Crippen LogP contribution in [0.5, 0.6) is 0 Å². The molecule has 0 unspecified atom stereocenters. The Morgan fingerprint density at radius 3 is 3.13 bits per heavy atom. The summed E-state index contributed by atoms with van der Waals surface area (Å²) in [5.74, 6) is 0. The Balaban J connectivity index is 2.63. The molecule has 0 spiro atoms. The van der Waals surface area contributed by atoms with Gasteiger partial charge in [-0.25, -0.2) is 0 Å². The van der Waals surface area contributed by atoms with E-state index in [4.69, 9.17) is 16.4 Å². The molecule has 1 radical (unpaired) electrons. The Kier molecular flexibility index (Phi) is 4.91. The molecule has 0 bridgehead atoms. The highest BCUT2D eigenvalue weighted by Crippen LogP contribution is 2.05. The van der Waals surface area contributed by atoms with Gasteiger partial charge in [0.1, 0.15) is 6.61 Å². The number of hydrogen-bond donors (Lipinski definition) is 0. The van der Waals surface area contributed by atoms with Crippen LogP contribution in [0.15, 0.2) is 35.0 Å². The van der Waals surface area contributed by atoms with Gasteiger partial charge >= 0.3 is 0 Å². The molecule has 1 aromatic carbocycles. The number of oxime groups is 1.